The third-order valence-electron chi connectivity index (χ3n) is 2.54. The van der Waals surface area contributed by atoms with Crippen LogP contribution in [0, 0.1) is 10.1 Å². The van der Waals surface area contributed by atoms with Gasteiger partial charge in [0.25, 0.3) is 0 Å². The molecule has 0 saturated carbocycles. The average Bonchev–Trinajstić information content (AvgIpc) is 2.26. The van der Waals surface area contributed by atoms with E-state index in [1.807, 2.05) is 0 Å². The van der Waals surface area contributed by atoms with E-state index < -0.39 is 22.9 Å². The number of aliphatic carboxylic acids is 1. The van der Waals surface area contributed by atoms with Crippen LogP contribution in [0.4, 0.5) is 0 Å². The zero-order valence-corrected chi connectivity index (χ0v) is 8.87. The highest BCUT2D eigenvalue weighted by Crippen LogP contribution is 2.24. The fourth-order valence-electron chi connectivity index (χ4n) is 1.60. The van der Waals surface area contributed by atoms with E-state index >= 15 is 0 Å². The molecule has 0 heterocycles. The highest BCUT2D eigenvalue weighted by atomic mass is 16.6. The first kappa shape index (κ1) is 12.2. The highest BCUT2D eigenvalue weighted by molar-refractivity contribution is 5.68. The van der Waals surface area contributed by atoms with Gasteiger partial charge in [0.1, 0.15) is 0 Å². The largest absolute Gasteiger partial charge is 0.481 e. The summed E-state index contributed by atoms with van der Waals surface area (Å²) in [6.45, 7) is 1.43. The monoisotopic (exact) mass is 223 g/mol. The third-order valence-corrected chi connectivity index (χ3v) is 2.54. The maximum atomic E-state index is 10.7. The summed E-state index contributed by atoms with van der Waals surface area (Å²) in [4.78, 5) is 21.0. The van der Waals surface area contributed by atoms with E-state index in [9.17, 15) is 14.9 Å². The van der Waals surface area contributed by atoms with Crippen molar-refractivity contribution in [1.82, 2.24) is 0 Å². The predicted octanol–water partition coefficient (Wildman–Crippen LogP) is 1.91. The number of hydrogen-bond acceptors (Lipinski definition) is 3. The molecule has 2 atom stereocenters. The van der Waals surface area contributed by atoms with Gasteiger partial charge in [0.15, 0.2) is 0 Å². The van der Waals surface area contributed by atoms with Gasteiger partial charge in [0.2, 0.25) is 6.04 Å². The molecule has 1 N–H and O–H groups in total. The first-order valence-corrected chi connectivity index (χ1v) is 4.92. The minimum atomic E-state index is -1.03. The fourth-order valence-corrected chi connectivity index (χ4v) is 1.60. The van der Waals surface area contributed by atoms with Gasteiger partial charge < -0.3 is 5.11 Å². The molecule has 0 bridgehead atoms. The van der Waals surface area contributed by atoms with Crippen molar-refractivity contribution in [1.29, 1.82) is 0 Å². The van der Waals surface area contributed by atoms with Crippen LogP contribution in [0.5, 0.6) is 0 Å². The van der Waals surface area contributed by atoms with Gasteiger partial charge in [-0.25, -0.2) is 0 Å². The van der Waals surface area contributed by atoms with Crippen molar-refractivity contribution in [2.45, 2.75) is 25.3 Å². The summed E-state index contributed by atoms with van der Waals surface area (Å²) in [7, 11) is 0. The Hall–Kier alpha value is -1.91. The van der Waals surface area contributed by atoms with E-state index in [-0.39, 0.29) is 6.42 Å². The lowest BCUT2D eigenvalue weighted by molar-refractivity contribution is -0.522. The van der Waals surface area contributed by atoms with Crippen molar-refractivity contribution in [2.24, 2.45) is 0 Å². The molecule has 0 radical (unpaired) electrons. The molecule has 0 spiro atoms. The summed E-state index contributed by atoms with van der Waals surface area (Å²) in [6, 6.07) is 7.81. The minimum Gasteiger partial charge on any atom is -0.481 e. The average molecular weight is 223 g/mol. The van der Waals surface area contributed by atoms with Crippen molar-refractivity contribution >= 4 is 5.97 Å². The van der Waals surface area contributed by atoms with E-state index in [2.05, 4.69) is 0 Å². The molecule has 0 aromatic heterocycles. The number of hydrogen-bond donors (Lipinski definition) is 1. The molecular weight excluding hydrogens is 210 g/mol. The van der Waals surface area contributed by atoms with Gasteiger partial charge >= 0.3 is 5.97 Å². The summed E-state index contributed by atoms with van der Waals surface area (Å²) in [5.74, 6) is -1.61. The number of rotatable bonds is 5. The van der Waals surface area contributed by atoms with Crippen LogP contribution in [-0.4, -0.2) is 22.0 Å². The summed E-state index contributed by atoms with van der Waals surface area (Å²) in [5.41, 5.74) is 0.689. The third kappa shape index (κ3) is 3.05. The van der Waals surface area contributed by atoms with Gasteiger partial charge in [-0.1, -0.05) is 30.3 Å². The van der Waals surface area contributed by atoms with Crippen LogP contribution in [0.25, 0.3) is 0 Å². The quantitative estimate of drug-likeness (QED) is 0.610. The molecule has 0 fully saturated rings. The van der Waals surface area contributed by atoms with Gasteiger partial charge in [-0.2, -0.15) is 0 Å². The van der Waals surface area contributed by atoms with Crippen molar-refractivity contribution in [3.63, 3.8) is 0 Å². The number of carbonyl (C=O) groups is 1. The van der Waals surface area contributed by atoms with Crippen LogP contribution in [0.15, 0.2) is 30.3 Å². The molecule has 0 saturated heterocycles. The lowest BCUT2D eigenvalue weighted by Gasteiger charge is -2.16. The summed E-state index contributed by atoms with van der Waals surface area (Å²) in [5, 5.41) is 19.5. The maximum Gasteiger partial charge on any atom is 0.304 e. The molecule has 86 valence electrons. The van der Waals surface area contributed by atoms with E-state index in [0.717, 1.165) is 0 Å². The molecule has 0 amide bonds. The summed E-state index contributed by atoms with van der Waals surface area (Å²) < 4.78 is 0. The van der Waals surface area contributed by atoms with Crippen molar-refractivity contribution in [3.8, 4) is 0 Å². The summed E-state index contributed by atoms with van der Waals surface area (Å²) >= 11 is 0. The van der Waals surface area contributed by atoms with Gasteiger partial charge in [0, 0.05) is 11.8 Å². The SMILES string of the molecule is C[C@H]([C@H](CC(=O)O)c1ccccc1)[N+](=O)[O-]. The van der Waals surface area contributed by atoms with Crippen LogP contribution >= 0.6 is 0 Å². The first-order valence-electron chi connectivity index (χ1n) is 4.92. The van der Waals surface area contributed by atoms with Crippen LogP contribution < -0.4 is 0 Å². The number of carboxylic acids is 1. The molecule has 0 aliphatic carbocycles. The molecule has 0 unspecified atom stereocenters. The maximum absolute atomic E-state index is 10.7. The Labute approximate surface area is 92.9 Å². The fraction of sp³-hybridized carbons (Fsp3) is 0.364. The Morgan fingerprint density at radius 1 is 1.44 bits per heavy atom. The lowest BCUT2D eigenvalue weighted by Crippen LogP contribution is -2.26. The first-order chi connectivity index (χ1) is 7.52. The second-order valence-corrected chi connectivity index (χ2v) is 3.64. The van der Waals surface area contributed by atoms with Gasteiger partial charge in [-0.15, -0.1) is 0 Å². The van der Waals surface area contributed by atoms with Gasteiger partial charge in [-0.05, 0) is 5.56 Å². The molecule has 5 nitrogen and oxygen atoms in total. The molecule has 1 aromatic rings. The topological polar surface area (TPSA) is 80.4 Å². The smallest absolute Gasteiger partial charge is 0.304 e. The molecule has 16 heavy (non-hydrogen) atoms. The second-order valence-electron chi connectivity index (χ2n) is 3.64. The molecule has 1 aromatic carbocycles. The number of nitrogens with zero attached hydrogens (tertiary/aromatic N) is 1. The zero-order valence-electron chi connectivity index (χ0n) is 8.87. The van der Waals surface area contributed by atoms with Crippen LogP contribution in [-0.2, 0) is 4.79 Å². The van der Waals surface area contributed by atoms with E-state index in [1.165, 1.54) is 6.92 Å². The van der Waals surface area contributed by atoms with E-state index in [4.69, 9.17) is 5.11 Å². The molecular formula is C11H13NO4. The van der Waals surface area contributed by atoms with E-state index in [1.54, 1.807) is 30.3 Å². The van der Waals surface area contributed by atoms with Gasteiger partial charge in [0.05, 0.1) is 12.3 Å². The highest BCUT2D eigenvalue weighted by Gasteiger charge is 2.29. The van der Waals surface area contributed by atoms with Crippen molar-refractivity contribution in [2.75, 3.05) is 0 Å². The Morgan fingerprint density at radius 3 is 2.44 bits per heavy atom. The molecule has 0 aliphatic heterocycles. The Kier molecular flexibility index (Phi) is 3.99. The number of carboxylic acid groups (broad SMARTS) is 1. The molecule has 0 aliphatic rings. The zero-order chi connectivity index (χ0) is 12.1. The van der Waals surface area contributed by atoms with Crippen LogP contribution in [0.1, 0.15) is 24.8 Å². The Balaban J connectivity index is 2.96. The number of benzene rings is 1. The number of nitro groups is 1. The minimum absolute atomic E-state index is 0.230. The normalized spacial score (nSPS) is 14.1. The van der Waals surface area contributed by atoms with Crippen molar-refractivity contribution in [3.05, 3.63) is 46.0 Å². The second kappa shape index (κ2) is 5.25. The van der Waals surface area contributed by atoms with Crippen LogP contribution in [0.3, 0.4) is 0 Å². The lowest BCUT2D eigenvalue weighted by atomic mass is 9.90. The van der Waals surface area contributed by atoms with Crippen molar-refractivity contribution < 1.29 is 14.8 Å². The Bertz CT molecular complexity index is 377. The van der Waals surface area contributed by atoms with Crippen LogP contribution in [0.2, 0.25) is 0 Å². The molecule has 5 heteroatoms. The Morgan fingerprint density at radius 2 is 2.00 bits per heavy atom. The standard InChI is InChI=1S/C11H13NO4/c1-8(12(15)16)10(7-11(13)14)9-5-3-2-4-6-9/h2-6,8,10H,7H2,1H3,(H,13,14)/t8-,10+/m1/s1. The summed E-state index contributed by atoms with van der Waals surface area (Å²) in [6.07, 6.45) is -0.230. The molecule has 1 rings (SSSR count). The van der Waals surface area contributed by atoms with E-state index in [0.29, 0.717) is 5.56 Å². The van der Waals surface area contributed by atoms with Gasteiger partial charge in [-0.3, -0.25) is 14.9 Å². The predicted molar refractivity (Wildman–Crippen MR) is 57.9 cm³/mol.